The van der Waals surface area contributed by atoms with Gasteiger partial charge in [-0.25, -0.2) is 8.42 Å². The van der Waals surface area contributed by atoms with Gasteiger partial charge in [0, 0.05) is 39.3 Å². The average molecular weight is 380 g/mol. The molecule has 0 radical (unpaired) electrons. The lowest BCUT2D eigenvalue weighted by Crippen LogP contribution is -2.51. The summed E-state index contributed by atoms with van der Waals surface area (Å²) in [5, 5.41) is 0. The van der Waals surface area contributed by atoms with Gasteiger partial charge in [0.05, 0.1) is 10.9 Å². The van der Waals surface area contributed by atoms with E-state index in [9.17, 15) is 13.2 Å². The van der Waals surface area contributed by atoms with Crippen LogP contribution in [-0.4, -0.2) is 74.2 Å². The molecular formula is C14H22ClN3O3S2. The van der Waals surface area contributed by atoms with Gasteiger partial charge >= 0.3 is 0 Å². The zero-order valence-electron chi connectivity index (χ0n) is 13.4. The second kappa shape index (κ2) is 7.94. The summed E-state index contributed by atoms with van der Waals surface area (Å²) in [6.45, 7) is 7.56. The molecule has 0 bridgehead atoms. The molecule has 0 saturated carbocycles. The lowest BCUT2D eigenvalue weighted by Gasteiger charge is -2.34. The third-order valence-electron chi connectivity index (χ3n) is 3.95. The first kappa shape index (κ1) is 18.7. The Labute approximate surface area is 146 Å². The zero-order chi connectivity index (χ0) is 17.0. The van der Waals surface area contributed by atoms with Crippen LogP contribution in [0.2, 0.25) is 4.34 Å². The molecule has 23 heavy (non-hydrogen) atoms. The van der Waals surface area contributed by atoms with E-state index in [2.05, 4.69) is 0 Å². The van der Waals surface area contributed by atoms with Crippen molar-refractivity contribution in [1.82, 2.24) is 14.1 Å². The van der Waals surface area contributed by atoms with Crippen molar-refractivity contribution >= 4 is 38.9 Å². The summed E-state index contributed by atoms with van der Waals surface area (Å²) in [7, 11) is -3.47. The molecule has 130 valence electrons. The summed E-state index contributed by atoms with van der Waals surface area (Å²) in [6, 6.07) is 3.14. The zero-order valence-corrected chi connectivity index (χ0v) is 15.8. The van der Waals surface area contributed by atoms with Crippen LogP contribution in [0.1, 0.15) is 13.8 Å². The number of piperazine rings is 1. The predicted molar refractivity (Wildman–Crippen MR) is 92.5 cm³/mol. The smallest absolute Gasteiger partial charge is 0.252 e. The van der Waals surface area contributed by atoms with Crippen LogP contribution in [-0.2, 0) is 14.8 Å². The van der Waals surface area contributed by atoms with Crippen molar-refractivity contribution in [1.29, 1.82) is 0 Å². The fourth-order valence-electron chi connectivity index (χ4n) is 2.56. The van der Waals surface area contributed by atoms with E-state index < -0.39 is 10.0 Å². The minimum absolute atomic E-state index is 0.0938. The highest BCUT2D eigenvalue weighted by atomic mass is 35.5. The van der Waals surface area contributed by atoms with Crippen molar-refractivity contribution < 1.29 is 13.2 Å². The molecule has 1 aliphatic rings. The van der Waals surface area contributed by atoms with Gasteiger partial charge < -0.3 is 4.90 Å². The normalized spacial score (nSPS) is 17.3. The Morgan fingerprint density at radius 2 is 1.83 bits per heavy atom. The van der Waals surface area contributed by atoms with Crippen molar-refractivity contribution in [3.8, 4) is 0 Å². The van der Waals surface area contributed by atoms with Crippen molar-refractivity contribution in [3.05, 3.63) is 16.5 Å². The number of thiophene rings is 1. The molecule has 0 unspecified atom stereocenters. The molecule has 1 amide bonds. The molecule has 1 saturated heterocycles. The molecular weight excluding hydrogens is 358 g/mol. The minimum Gasteiger partial charge on any atom is -0.342 e. The van der Waals surface area contributed by atoms with Crippen molar-refractivity contribution in [3.63, 3.8) is 0 Å². The van der Waals surface area contributed by atoms with Crippen LogP contribution < -0.4 is 0 Å². The molecule has 0 aromatic carbocycles. The van der Waals surface area contributed by atoms with Crippen molar-refractivity contribution in [2.45, 2.75) is 18.1 Å². The van der Waals surface area contributed by atoms with E-state index in [1.807, 2.05) is 18.7 Å². The average Bonchev–Trinajstić information content (AvgIpc) is 2.96. The van der Waals surface area contributed by atoms with Crippen LogP contribution in [0.15, 0.2) is 16.3 Å². The number of nitrogens with zero attached hydrogens (tertiary/aromatic N) is 3. The summed E-state index contributed by atoms with van der Waals surface area (Å²) >= 11 is 6.90. The maximum atomic E-state index is 12.5. The Morgan fingerprint density at radius 1 is 1.22 bits per heavy atom. The van der Waals surface area contributed by atoms with E-state index in [1.54, 1.807) is 17.0 Å². The van der Waals surface area contributed by atoms with E-state index >= 15 is 0 Å². The van der Waals surface area contributed by atoms with Gasteiger partial charge in [-0.2, -0.15) is 4.31 Å². The number of hydrogen-bond donors (Lipinski definition) is 0. The number of carbonyl (C=O) groups excluding carboxylic acids is 1. The standard InChI is InChI=1S/C14H22ClN3O3S2/c1-3-17(4-2)13(19)11-16-7-9-18(10-8-16)23(20,21)14-6-5-12(15)22-14/h5-6H,3-4,7-11H2,1-2H3. The second-order valence-electron chi connectivity index (χ2n) is 5.30. The molecule has 1 aliphatic heterocycles. The largest absolute Gasteiger partial charge is 0.342 e. The Balaban J connectivity index is 1.92. The predicted octanol–water partition coefficient (Wildman–Crippen LogP) is 1.58. The number of likely N-dealkylation sites (N-methyl/N-ethyl adjacent to an activating group) is 1. The molecule has 2 rings (SSSR count). The van der Waals surface area contributed by atoms with E-state index in [4.69, 9.17) is 11.6 Å². The van der Waals surface area contributed by atoms with Gasteiger partial charge in [0.1, 0.15) is 4.21 Å². The number of amides is 1. The molecule has 0 atom stereocenters. The molecule has 1 aromatic rings. The Kier molecular flexibility index (Phi) is 6.44. The molecule has 6 nitrogen and oxygen atoms in total. The molecule has 0 aliphatic carbocycles. The van der Waals surface area contributed by atoms with E-state index in [-0.39, 0.29) is 10.1 Å². The fraction of sp³-hybridized carbons (Fsp3) is 0.643. The number of carbonyl (C=O) groups is 1. The summed E-state index contributed by atoms with van der Waals surface area (Å²) in [5.74, 6) is 0.0938. The van der Waals surface area contributed by atoms with Crippen LogP contribution in [0.4, 0.5) is 0 Å². The molecule has 0 spiro atoms. The van der Waals surface area contributed by atoms with Gasteiger partial charge in [-0.05, 0) is 26.0 Å². The van der Waals surface area contributed by atoms with E-state index in [1.165, 1.54) is 4.31 Å². The van der Waals surface area contributed by atoms with Gasteiger partial charge in [0.15, 0.2) is 0 Å². The van der Waals surface area contributed by atoms with E-state index in [0.29, 0.717) is 50.1 Å². The van der Waals surface area contributed by atoms with Crippen LogP contribution >= 0.6 is 22.9 Å². The summed E-state index contributed by atoms with van der Waals surface area (Å²) in [6.07, 6.45) is 0. The quantitative estimate of drug-likeness (QED) is 0.752. The van der Waals surface area contributed by atoms with Gasteiger partial charge in [0.2, 0.25) is 5.91 Å². The first-order valence-corrected chi connectivity index (χ1v) is 10.3. The van der Waals surface area contributed by atoms with Crippen LogP contribution in [0.25, 0.3) is 0 Å². The first-order valence-electron chi connectivity index (χ1n) is 7.64. The molecule has 0 N–H and O–H groups in total. The Morgan fingerprint density at radius 3 is 2.30 bits per heavy atom. The van der Waals surface area contributed by atoms with Gasteiger partial charge in [0.25, 0.3) is 10.0 Å². The van der Waals surface area contributed by atoms with Crippen LogP contribution in [0.5, 0.6) is 0 Å². The highest BCUT2D eigenvalue weighted by Gasteiger charge is 2.30. The Bertz CT molecular complexity index is 635. The number of hydrogen-bond acceptors (Lipinski definition) is 5. The molecule has 9 heteroatoms. The van der Waals surface area contributed by atoms with Gasteiger partial charge in [-0.3, -0.25) is 9.69 Å². The highest BCUT2D eigenvalue weighted by Crippen LogP contribution is 2.28. The molecule has 1 aromatic heterocycles. The third-order valence-corrected chi connectivity index (χ3v) is 7.55. The molecule has 2 heterocycles. The van der Waals surface area contributed by atoms with Crippen LogP contribution in [0, 0.1) is 0 Å². The van der Waals surface area contributed by atoms with Crippen molar-refractivity contribution in [2.24, 2.45) is 0 Å². The van der Waals surface area contributed by atoms with Crippen molar-refractivity contribution in [2.75, 3.05) is 45.8 Å². The monoisotopic (exact) mass is 379 g/mol. The summed E-state index contributed by atoms with van der Waals surface area (Å²) in [4.78, 5) is 15.9. The number of rotatable bonds is 6. The van der Waals surface area contributed by atoms with Gasteiger partial charge in [-0.1, -0.05) is 11.6 Å². The number of sulfonamides is 1. The Hall–Kier alpha value is -0.670. The SMILES string of the molecule is CCN(CC)C(=O)CN1CCN(S(=O)(=O)c2ccc(Cl)s2)CC1. The topological polar surface area (TPSA) is 60.9 Å². The maximum absolute atomic E-state index is 12.5. The summed E-state index contributed by atoms with van der Waals surface area (Å²) < 4.78 is 27.2. The highest BCUT2D eigenvalue weighted by molar-refractivity contribution is 7.91. The molecule has 1 fully saturated rings. The minimum atomic E-state index is -3.47. The lowest BCUT2D eigenvalue weighted by molar-refractivity contribution is -0.132. The number of halogens is 1. The maximum Gasteiger partial charge on any atom is 0.252 e. The van der Waals surface area contributed by atoms with Crippen LogP contribution in [0.3, 0.4) is 0 Å². The third kappa shape index (κ3) is 4.45. The van der Waals surface area contributed by atoms with Gasteiger partial charge in [-0.15, -0.1) is 11.3 Å². The van der Waals surface area contributed by atoms with E-state index in [0.717, 1.165) is 11.3 Å². The fourth-order valence-corrected chi connectivity index (χ4v) is 5.62. The summed E-state index contributed by atoms with van der Waals surface area (Å²) in [5.41, 5.74) is 0. The first-order chi connectivity index (χ1) is 10.9. The lowest BCUT2D eigenvalue weighted by atomic mass is 10.3. The second-order valence-corrected chi connectivity index (χ2v) is 9.18.